The lowest BCUT2D eigenvalue weighted by Crippen LogP contribution is -2.52. The van der Waals surface area contributed by atoms with Gasteiger partial charge in [0.05, 0.1) is 8.80 Å². The second-order valence-electron chi connectivity index (χ2n) is 5.73. The highest BCUT2D eigenvalue weighted by molar-refractivity contribution is 6.62. The highest BCUT2D eigenvalue weighted by atomic mass is 28.3. The van der Waals surface area contributed by atoms with Crippen molar-refractivity contribution >= 4 is 8.80 Å². The minimum absolute atomic E-state index is 0.214. The molecule has 1 rings (SSSR count). The van der Waals surface area contributed by atoms with Crippen molar-refractivity contribution in [3.8, 4) is 0 Å². The normalized spacial score (nSPS) is 23.0. The van der Waals surface area contributed by atoms with Gasteiger partial charge in [0.25, 0.3) is 0 Å². The summed E-state index contributed by atoms with van der Waals surface area (Å²) in [6.45, 7) is 7.02. The van der Waals surface area contributed by atoms with E-state index in [-0.39, 0.29) is 5.16 Å². The molecule has 0 heterocycles. The lowest BCUT2D eigenvalue weighted by Gasteiger charge is -2.36. The summed E-state index contributed by atoms with van der Waals surface area (Å²) in [5.41, 5.74) is 6.57. The van der Waals surface area contributed by atoms with Crippen molar-refractivity contribution in [3.05, 3.63) is 0 Å². The maximum absolute atomic E-state index is 6.57. The Morgan fingerprint density at radius 1 is 1.13 bits per heavy atom. The summed E-state index contributed by atoms with van der Waals surface area (Å²) in [6.07, 6.45) is 8.56. The van der Waals surface area contributed by atoms with Crippen LogP contribution in [0.1, 0.15) is 59.3 Å². The topological polar surface area (TPSA) is 26.0 Å². The van der Waals surface area contributed by atoms with E-state index in [1.807, 2.05) is 0 Å². The maximum atomic E-state index is 6.57. The van der Waals surface area contributed by atoms with Crippen LogP contribution in [0.5, 0.6) is 0 Å². The standard InChI is InChI=1S/C13H29NSi/c1-4-15(5-2)13(3,14)11-12-9-7-6-8-10-12/h12,15H,4-11,14H2,1-3H3. The van der Waals surface area contributed by atoms with Crippen LogP contribution in [0.3, 0.4) is 0 Å². The van der Waals surface area contributed by atoms with Crippen LogP contribution < -0.4 is 5.73 Å². The zero-order valence-corrected chi connectivity index (χ0v) is 12.0. The van der Waals surface area contributed by atoms with Crippen molar-refractivity contribution in [1.29, 1.82) is 0 Å². The van der Waals surface area contributed by atoms with Crippen LogP contribution in [0.15, 0.2) is 0 Å². The van der Waals surface area contributed by atoms with Gasteiger partial charge in [-0.3, -0.25) is 0 Å². The summed E-state index contributed by atoms with van der Waals surface area (Å²) >= 11 is 0. The van der Waals surface area contributed by atoms with Crippen molar-refractivity contribution in [2.45, 2.75) is 76.5 Å². The quantitative estimate of drug-likeness (QED) is 0.715. The maximum Gasteiger partial charge on any atom is 0.0594 e. The monoisotopic (exact) mass is 227 g/mol. The average Bonchev–Trinajstić information content (AvgIpc) is 2.19. The number of hydrogen-bond donors (Lipinski definition) is 1. The molecule has 2 N–H and O–H groups in total. The summed E-state index contributed by atoms with van der Waals surface area (Å²) in [5.74, 6) is 0.946. The molecule has 0 spiro atoms. The van der Waals surface area contributed by atoms with Gasteiger partial charge in [-0.05, 0) is 12.3 Å². The molecule has 2 heteroatoms. The largest absolute Gasteiger partial charge is 0.328 e. The van der Waals surface area contributed by atoms with Gasteiger partial charge in [0.15, 0.2) is 0 Å². The summed E-state index contributed by atoms with van der Waals surface area (Å²) in [7, 11) is -0.694. The predicted molar refractivity (Wildman–Crippen MR) is 71.9 cm³/mol. The van der Waals surface area contributed by atoms with Crippen molar-refractivity contribution in [2.75, 3.05) is 0 Å². The van der Waals surface area contributed by atoms with Gasteiger partial charge in [0.2, 0.25) is 0 Å². The fourth-order valence-corrected chi connectivity index (χ4v) is 6.51. The zero-order chi connectivity index (χ0) is 11.3. The third-order valence-corrected chi connectivity index (χ3v) is 8.44. The second kappa shape index (κ2) is 6.05. The molecule has 1 fully saturated rings. The molecular formula is C13H29NSi. The van der Waals surface area contributed by atoms with Crippen LogP contribution in [0.4, 0.5) is 0 Å². The van der Waals surface area contributed by atoms with Crippen molar-refractivity contribution in [2.24, 2.45) is 11.7 Å². The van der Waals surface area contributed by atoms with Gasteiger partial charge in [-0.25, -0.2) is 0 Å². The van der Waals surface area contributed by atoms with E-state index in [1.165, 1.54) is 50.6 Å². The summed E-state index contributed by atoms with van der Waals surface area (Å²) in [5, 5.41) is 0.214. The molecule has 15 heavy (non-hydrogen) atoms. The van der Waals surface area contributed by atoms with Crippen LogP contribution in [-0.4, -0.2) is 14.0 Å². The molecule has 1 saturated carbocycles. The van der Waals surface area contributed by atoms with E-state index in [2.05, 4.69) is 20.8 Å². The Balaban J connectivity index is 2.45. The van der Waals surface area contributed by atoms with E-state index < -0.39 is 8.80 Å². The van der Waals surface area contributed by atoms with Gasteiger partial charge in [-0.1, -0.05) is 65.0 Å². The molecule has 0 bridgehead atoms. The first-order chi connectivity index (χ1) is 7.10. The smallest absolute Gasteiger partial charge is 0.0594 e. The molecule has 0 radical (unpaired) electrons. The Hall–Kier alpha value is 0.177. The summed E-state index contributed by atoms with van der Waals surface area (Å²) in [6, 6.07) is 2.74. The van der Waals surface area contributed by atoms with Crippen molar-refractivity contribution in [3.63, 3.8) is 0 Å². The Morgan fingerprint density at radius 2 is 1.67 bits per heavy atom. The molecule has 0 aromatic rings. The van der Waals surface area contributed by atoms with Crippen LogP contribution in [0.2, 0.25) is 12.1 Å². The molecule has 0 aromatic heterocycles. The van der Waals surface area contributed by atoms with Crippen LogP contribution in [-0.2, 0) is 0 Å². The number of hydrogen-bond acceptors (Lipinski definition) is 1. The first-order valence-corrected chi connectivity index (χ1v) is 9.10. The lowest BCUT2D eigenvalue weighted by molar-refractivity contribution is 0.306. The van der Waals surface area contributed by atoms with E-state index in [0.29, 0.717) is 0 Å². The molecule has 0 saturated heterocycles. The van der Waals surface area contributed by atoms with Crippen molar-refractivity contribution in [1.82, 2.24) is 0 Å². The van der Waals surface area contributed by atoms with Gasteiger partial charge in [0, 0.05) is 5.16 Å². The minimum atomic E-state index is -0.694. The molecule has 0 aromatic carbocycles. The molecule has 90 valence electrons. The highest BCUT2D eigenvalue weighted by Crippen LogP contribution is 2.31. The van der Waals surface area contributed by atoms with Gasteiger partial charge < -0.3 is 5.73 Å². The van der Waals surface area contributed by atoms with Gasteiger partial charge in [0.1, 0.15) is 0 Å². The average molecular weight is 227 g/mol. The molecule has 1 aliphatic rings. The number of nitrogens with two attached hydrogens (primary N) is 1. The molecule has 0 amide bonds. The summed E-state index contributed by atoms with van der Waals surface area (Å²) in [4.78, 5) is 0. The SMILES string of the molecule is CC[SiH](CC)C(C)(N)CC1CCCCC1. The fourth-order valence-electron chi connectivity index (χ4n) is 3.40. The molecule has 1 aliphatic carbocycles. The van der Waals surface area contributed by atoms with E-state index in [1.54, 1.807) is 0 Å². The minimum Gasteiger partial charge on any atom is -0.328 e. The van der Waals surface area contributed by atoms with E-state index >= 15 is 0 Å². The third-order valence-electron chi connectivity index (χ3n) is 4.37. The van der Waals surface area contributed by atoms with E-state index in [0.717, 1.165) is 5.92 Å². The zero-order valence-electron chi connectivity index (χ0n) is 10.9. The first-order valence-electron chi connectivity index (χ1n) is 6.89. The predicted octanol–water partition coefficient (Wildman–Crippen LogP) is 3.48. The molecular weight excluding hydrogens is 198 g/mol. The van der Waals surface area contributed by atoms with Crippen LogP contribution in [0.25, 0.3) is 0 Å². The third kappa shape index (κ3) is 3.91. The number of rotatable bonds is 5. The summed E-state index contributed by atoms with van der Waals surface area (Å²) < 4.78 is 0. The van der Waals surface area contributed by atoms with E-state index in [9.17, 15) is 0 Å². The first kappa shape index (κ1) is 13.2. The Morgan fingerprint density at radius 3 is 2.13 bits per heavy atom. The van der Waals surface area contributed by atoms with Crippen molar-refractivity contribution < 1.29 is 0 Å². The van der Waals surface area contributed by atoms with Gasteiger partial charge in [-0.2, -0.15) is 0 Å². The van der Waals surface area contributed by atoms with Gasteiger partial charge in [-0.15, -0.1) is 0 Å². The molecule has 0 aliphatic heterocycles. The molecule has 1 nitrogen and oxygen atoms in total. The van der Waals surface area contributed by atoms with Crippen LogP contribution >= 0.6 is 0 Å². The van der Waals surface area contributed by atoms with Crippen LogP contribution in [0, 0.1) is 5.92 Å². The Kier molecular flexibility index (Phi) is 5.34. The molecule has 1 unspecified atom stereocenters. The Bertz CT molecular complexity index is 169. The highest BCUT2D eigenvalue weighted by Gasteiger charge is 2.31. The lowest BCUT2D eigenvalue weighted by atomic mass is 9.85. The molecule has 1 atom stereocenters. The second-order valence-corrected chi connectivity index (χ2v) is 10.1. The Labute approximate surface area is 97.4 Å². The van der Waals surface area contributed by atoms with Gasteiger partial charge >= 0.3 is 0 Å². The fraction of sp³-hybridized carbons (Fsp3) is 1.00. The van der Waals surface area contributed by atoms with E-state index in [4.69, 9.17) is 5.73 Å².